The van der Waals surface area contributed by atoms with Crippen LogP contribution in [0.15, 0.2) is 23.8 Å². The third-order valence-electron chi connectivity index (χ3n) is 2.28. The third-order valence-corrected chi connectivity index (χ3v) is 2.28. The van der Waals surface area contributed by atoms with Crippen LogP contribution < -0.4 is 0 Å². The number of hydrogen-bond acceptors (Lipinski definition) is 1. The molecule has 0 amide bonds. The van der Waals surface area contributed by atoms with Crippen LogP contribution in [0.5, 0.6) is 0 Å². The highest BCUT2D eigenvalue weighted by molar-refractivity contribution is 5.95. The minimum Gasteiger partial charge on any atom is -0.295 e. The molecule has 1 heteroatoms. The standard InChI is InChI=1S/C11H16O/c1-3-5-10-7-4-6-9(2)11(12)8-10/h4,6-7,10H,3,5,8H2,1-2H3. The molecular weight excluding hydrogens is 148 g/mol. The molecule has 0 fully saturated rings. The maximum Gasteiger partial charge on any atom is 0.159 e. The summed E-state index contributed by atoms with van der Waals surface area (Å²) in [5.41, 5.74) is 0.893. The Balaban J connectivity index is 2.60. The molecule has 1 atom stereocenters. The lowest BCUT2D eigenvalue weighted by molar-refractivity contribution is -0.116. The van der Waals surface area contributed by atoms with Crippen molar-refractivity contribution >= 4 is 5.78 Å². The third kappa shape index (κ3) is 2.33. The predicted molar refractivity (Wildman–Crippen MR) is 50.9 cm³/mol. The minimum atomic E-state index is 0.304. The topological polar surface area (TPSA) is 17.1 Å². The summed E-state index contributed by atoms with van der Waals surface area (Å²) < 4.78 is 0. The van der Waals surface area contributed by atoms with Crippen molar-refractivity contribution in [3.63, 3.8) is 0 Å². The zero-order valence-corrected chi connectivity index (χ0v) is 7.84. The van der Waals surface area contributed by atoms with Crippen LogP contribution in [0, 0.1) is 5.92 Å². The summed E-state index contributed by atoms with van der Waals surface area (Å²) in [6.07, 6.45) is 9.06. The second-order valence-electron chi connectivity index (χ2n) is 3.41. The SMILES string of the molecule is CCCC1C=CC=C(C)C(=O)C1. The van der Waals surface area contributed by atoms with Crippen LogP contribution in [0.4, 0.5) is 0 Å². The molecule has 0 N–H and O–H groups in total. The van der Waals surface area contributed by atoms with E-state index in [0.717, 1.165) is 18.4 Å². The van der Waals surface area contributed by atoms with E-state index in [4.69, 9.17) is 0 Å². The Labute approximate surface area is 74.2 Å². The van der Waals surface area contributed by atoms with E-state index in [1.165, 1.54) is 0 Å². The Morgan fingerprint density at radius 3 is 3.00 bits per heavy atom. The fraction of sp³-hybridized carbons (Fsp3) is 0.545. The zero-order valence-electron chi connectivity index (χ0n) is 7.84. The summed E-state index contributed by atoms with van der Waals surface area (Å²) >= 11 is 0. The van der Waals surface area contributed by atoms with Crippen molar-refractivity contribution in [2.24, 2.45) is 5.92 Å². The molecule has 0 aromatic rings. The first-order valence-corrected chi connectivity index (χ1v) is 4.62. The number of allylic oxidation sites excluding steroid dienone is 4. The van der Waals surface area contributed by atoms with Crippen molar-refractivity contribution in [1.29, 1.82) is 0 Å². The second-order valence-corrected chi connectivity index (χ2v) is 3.41. The van der Waals surface area contributed by atoms with Gasteiger partial charge in [-0.05, 0) is 24.8 Å². The van der Waals surface area contributed by atoms with Crippen molar-refractivity contribution in [3.8, 4) is 0 Å². The molecule has 1 rings (SSSR count). The summed E-state index contributed by atoms with van der Waals surface area (Å²) in [6, 6.07) is 0. The fourth-order valence-corrected chi connectivity index (χ4v) is 1.49. The molecular formula is C11H16O. The molecule has 1 aliphatic rings. The maximum atomic E-state index is 11.4. The molecule has 1 nitrogen and oxygen atoms in total. The number of Topliss-reactive ketones (excluding diaryl/α,β-unsaturated/α-hetero) is 1. The van der Waals surface area contributed by atoms with Crippen molar-refractivity contribution in [2.75, 3.05) is 0 Å². The fourth-order valence-electron chi connectivity index (χ4n) is 1.49. The van der Waals surface area contributed by atoms with E-state index in [2.05, 4.69) is 13.0 Å². The van der Waals surface area contributed by atoms with E-state index in [-0.39, 0.29) is 0 Å². The first-order valence-electron chi connectivity index (χ1n) is 4.62. The lowest BCUT2D eigenvalue weighted by Gasteiger charge is -2.07. The van der Waals surface area contributed by atoms with E-state index >= 15 is 0 Å². The van der Waals surface area contributed by atoms with Gasteiger partial charge in [0.05, 0.1) is 0 Å². The lowest BCUT2D eigenvalue weighted by atomic mass is 9.97. The van der Waals surface area contributed by atoms with E-state index in [1.54, 1.807) is 0 Å². The summed E-state index contributed by atoms with van der Waals surface area (Å²) in [7, 11) is 0. The van der Waals surface area contributed by atoms with Crippen LogP contribution in [0.1, 0.15) is 33.1 Å². The predicted octanol–water partition coefficient (Wildman–Crippen LogP) is 2.88. The van der Waals surface area contributed by atoms with Gasteiger partial charge < -0.3 is 0 Å². The van der Waals surface area contributed by atoms with Gasteiger partial charge in [0.25, 0.3) is 0 Å². The van der Waals surface area contributed by atoms with E-state index < -0.39 is 0 Å². The lowest BCUT2D eigenvalue weighted by Crippen LogP contribution is -2.05. The van der Waals surface area contributed by atoms with Gasteiger partial charge in [0.15, 0.2) is 5.78 Å². The summed E-state index contributed by atoms with van der Waals surface area (Å²) in [4.78, 5) is 11.4. The Morgan fingerprint density at radius 1 is 1.58 bits per heavy atom. The number of ketones is 1. The molecule has 0 bridgehead atoms. The van der Waals surface area contributed by atoms with Gasteiger partial charge >= 0.3 is 0 Å². The number of carbonyl (C=O) groups is 1. The largest absolute Gasteiger partial charge is 0.295 e. The molecule has 12 heavy (non-hydrogen) atoms. The first-order chi connectivity index (χ1) is 5.74. The van der Waals surface area contributed by atoms with Gasteiger partial charge in [-0.1, -0.05) is 31.6 Å². The van der Waals surface area contributed by atoms with Crippen LogP contribution in [0.25, 0.3) is 0 Å². The summed E-state index contributed by atoms with van der Waals surface area (Å²) in [5, 5.41) is 0. The summed E-state index contributed by atoms with van der Waals surface area (Å²) in [5.74, 6) is 0.773. The smallest absolute Gasteiger partial charge is 0.159 e. The maximum absolute atomic E-state index is 11.4. The molecule has 1 unspecified atom stereocenters. The van der Waals surface area contributed by atoms with Gasteiger partial charge in [-0.25, -0.2) is 0 Å². The molecule has 0 radical (unpaired) electrons. The van der Waals surface area contributed by atoms with E-state index in [0.29, 0.717) is 18.1 Å². The van der Waals surface area contributed by atoms with Crippen LogP contribution in [0.3, 0.4) is 0 Å². The highest BCUT2D eigenvalue weighted by atomic mass is 16.1. The van der Waals surface area contributed by atoms with Gasteiger partial charge in [0.2, 0.25) is 0 Å². The van der Waals surface area contributed by atoms with Crippen molar-refractivity contribution < 1.29 is 4.79 Å². The highest BCUT2D eigenvalue weighted by Gasteiger charge is 2.13. The van der Waals surface area contributed by atoms with Gasteiger partial charge in [-0.3, -0.25) is 4.79 Å². The molecule has 0 aromatic heterocycles. The number of carbonyl (C=O) groups excluding carboxylic acids is 1. The Bertz CT molecular complexity index is 223. The van der Waals surface area contributed by atoms with E-state index in [9.17, 15) is 4.79 Å². The average Bonchev–Trinajstić information content (AvgIpc) is 2.16. The molecule has 66 valence electrons. The molecule has 0 spiro atoms. The van der Waals surface area contributed by atoms with Crippen molar-refractivity contribution in [2.45, 2.75) is 33.1 Å². The van der Waals surface area contributed by atoms with Gasteiger partial charge in [0, 0.05) is 6.42 Å². The number of rotatable bonds is 2. The summed E-state index contributed by atoms with van der Waals surface area (Å²) in [6.45, 7) is 4.05. The molecule has 0 saturated carbocycles. The molecule has 0 saturated heterocycles. The van der Waals surface area contributed by atoms with Crippen LogP contribution in [-0.2, 0) is 4.79 Å². The Morgan fingerprint density at radius 2 is 2.33 bits per heavy atom. The van der Waals surface area contributed by atoms with Crippen LogP contribution in [-0.4, -0.2) is 5.78 Å². The van der Waals surface area contributed by atoms with Gasteiger partial charge in [-0.15, -0.1) is 0 Å². The molecule has 1 aliphatic carbocycles. The molecule has 0 aliphatic heterocycles. The van der Waals surface area contributed by atoms with Crippen molar-refractivity contribution in [1.82, 2.24) is 0 Å². The molecule has 0 aromatic carbocycles. The highest BCUT2D eigenvalue weighted by Crippen LogP contribution is 2.18. The normalized spacial score (nSPS) is 23.7. The number of hydrogen-bond donors (Lipinski definition) is 0. The minimum absolute atomic E-state index is 0.304. The van der Waals surface area contributed by atoms with Gasteiger partial charge in [-0.2, -0.15) is 0 Å². The quantitative estimate of drug-likeness (QED) is 0.613. The average molecular weight is 164 g/mol. The van der Waals surface area contributed by atoms with E-state index in [1.807, 2.05) is 19.1 Å². The first kappa shape index (κ1) is 9.24. The molecule has 0 heterocycles. The zero-order chi connectivity index (χ0) is 8.97. The van der Waals surface area contributed by atoms with Crippen molar-refractivity contribution in [3.05, 3.63) is 23.8 Å². The van der Waals surface area contributed by atoms with Gasteiger partial charge in [0.1, 0.15) is 0 Å². The monoisotopic (exact) mass is 164 g/mol. The Kier molecular flexibility index (Phi) is 3.27. The Hall–Kier alpha value is -0.850. The van der Waals surface area contributed by atoms with Crippen LogP contribution in [0.2, 0.25) is 0 Å². The van der Waals surface area contributed by atoms with Crippen LogP contribution >= 0.6 is 0 Å². The second kappa shape index (κ2) is 4.24.